The fourth-order valence-corrected chi connectivity index (χ4v) is 4.31. The molecular weight excluding hydrogens is 439 g/mol. The van der Waals surface area contributed by atoms with Crippen LogP contribution >= 0.6 is 11.3 Å². The zero-order valence-corrected chi connectivity index (χ0v) is 17.9. The number of hydrogen-bond acceptors (Lipinski definition) is 5. The molecule has 3 rings (SSSR count). The van der Waals surface area contributed by atoms with Gasteiger partial charge in [-0.15, -0.1) is 11.3 Å². The third-order valence-electron chi connectivity index (χ3n) is 5.13. The van der Waals surface area contributed by atoms with Gasteiger partial charge in [0.15, 0.2) is 0 Å². The largest absolute Gasteiger partial charge is 0.477 e. The highest BCUT2D eigenvalue weighted by atomic mass is 32.1. The molecule has 10 heteroatoms. The number of rotatable bonds is 9. The molecule has 2 atom stereocenters. The minimum absolute atomic E-state index is 0.152. The van der Waals surface area contributed by atoms with Crippen LogP contribution in [0.1, 0.15) is 33.0 Å². The van der Waals surface area contributed by atoms with Crippen molar-refractivity contribution in [1.29, 1.82) is 0 Å². The van der Waals surface area contributed by atoms with Gasteiger partial charge >= 0.3 is 18.0 Å². The second kappa shape index (κ2) is 10.3. The first-order valence-electron chi connectivity index (χ1n) is 10.0. The molecule has 0 unspecified atom stereocenters. The van der Waals surface area contributed by atoms with E-state index in [1.165, 1.54) is 46.6 Å². The number of carbonyl (C=O) groups excluding carboxylic acids is 1. The lowest BCUT2D eigenvalue weighted by molar-refractivity contribution is -0.0929. The number of carboxylic acids is 1. The molecule has 1 fully saturated rings. The lowest BCUT2D eigenvalue weighted by atomic mass is 9.91. The highest BCUT2D eigenvalue weighted by Gasteiger charge is 2.39. The maximum atomic E-state index is 14.6. The van der Waals surface area contributed by atoms with Crippen LogP contribution in [0.3, 0.4) is 0 Å². The van der Waals surface area contributed by atoms with Crippen LogP contribution in [0.4, 0.5) is 13.6 Å². The number of aromatic carboxylic acids is 1. The maximum absolute atomic E-state index is 14.6. The van der Waals surface area contributed by atoms with Crippen LogP contribution in [-0.4, -0.2) is 60.3 Å². The minimum atomic E-state index is -3.55. The van der Waals surface area contributed by atoms with E-state index >= 15 is 0 Å². The zero-order chi connectivity index (χ0) is 23.3. The van der Waals surface area contributed by atoms with E-state index < -0.39 is 35.7 Å². The van der Waals surface area contributed by atoms with Gasteiger partial charge in [-0.25, -0.2) is 9.59 Å². The third-order valence-corrected chi connectivity index (χ3v) is 6.26. The van der Waals surface area contributed by atoms with Crippen molar-refractivity contribution in [1.82, 2.24) is 4.90 Å². The standard InChI is InChI=1S/C22H22BF2NO5S/c23-15-4-1-3-14(13-15)22(24,25)19(27)9-6-16-10-12-31-21(30)26(16)11-2-5-17-7-8-18(32-17)20(28)29/h1,3-4,6-9,13,16,19,27H,2,5,10-12H2,(H,28,29)/b9-6+/t16-,19+/m0/s1. The number of thiophene rings is 1. The number of ether oxygens (including phenoxy) is 1. The zero-order valence-electron chi connectivity index (χ0n) is 17.1. The van der Waals surface area contributed by atoms with Gasteiger partial charge < -0.3 is 19.8 Å². The summed E-state index contributed by atoms with van der Waals surface area (Å²) in [5, 5.41) is 19.1. The Balaban J connectivity index is 1.63. The van der Waals surface area contributed by atoms with Crippen molar-refractivity contribution >= 4 is 36.7 Å². The molecule has 2 aromatic rings. The lowest BCUT2D eigenvalue weighted by Crippen LogP contribution is -2.45. The van der Waals surface area contributed by atoms with Crippen LogP contribution in [0.2, 0.25) is 0 Å². The number of aryl methyl sites for hydroxylation is 1. The average molecular weight is 461 g/mol. The molecule has 6 nitrogen and oxygen atoms in total. The summed E-state index contributed by atoms with van der Waals surface area (Å²) in [6.45, 7) is 0.453. The van der Waals surface area contributed by atoms with E-state index in [9.17, 15) is 23.5 Å². The van der Waals surface area contributed by atoms with E-state index in [0.717, 1.165) is 17.0 Å². The average Bonchev–Trinajstić information content (AvgIpc) is 3.23. The molecule has 2 N–H and O–H groups in total. The Morgan fingerprint density at radius 1 is 1.38 bits per heavy atom. The number of alkyl halides is 2. The van der Waals surface area contributed by atoms with Gasteiger partial charge in [0.1, 0.15) is 18.8 Å². The van der Waals surface area contributed by atoms with Crippen LogP contribution in [0.5, 0.6) is 0 Å². The molecule has 0 aliphatic carbocycles. The highest BCUT2D eigenvalue weighted by molar-refractivity contribution is 7.13. The van der Waals surface area contributed by atoms with Crippen LogP contribution in [0.15, 0.2) is 48.6 Å². The van der Waals surface area contributed by atoms with E-state index in [1.807, 2.05) is 0 Å². The Bertz CT molecular complexity index is 996. The normalized spacial score (nSPS) is 18.0. The van der Waals surface area contributed by atoms with Gasteiger partial charge in [0.2, 0.25) is 0 Å². The minimum Gasteiger partial charge on any atom is -0.477 e. The number of cyclic esters (lactones) is 1. The van der Waals surface area contributed by atoms with Crippen molar-refractivity contribution < 1.29 is 33.3 Å². The molecule has 32 heavy (non-hydrogen) atoms. The van der Waals surface area contributed by atoms with E-state index in [1.54, 1.807) is 6.07 Å². The number of halogens is 2. The monoisotopic (exact) mass is 461 g/mol. The van der Waals surface area contributed by atoms with Crippen molar-refractivity contribution in [2.45, 2.75) is 37.3 Å². The molecule has 0 spiro atoms. The topological polar surface area (TPSA) is 87.1 Å². The number of aliphatic hydroxyl groups is 1. The lowest BCUT2D eigenvalue weighted by Gasteiger charge is -2.33. The fraction of sp³-hybridized carbons (Fsp3) is 0.364. The summed E-state index contributed by atoms with van der Waals surface area (Å²) in [5.74, 6) is -4.54. The molecule has 2 radical (unpaired) electrons. The quantitative estimate of drug-likeness (QED) is 0.443. The number of amides is 1. The number of carbonyl (C=O) groups is 2. The molecule has 1 aliphatic heterocycles. The van der Waals surface area contributed by atoms with Crippen molar-refractivity contribution in [3.8, 4) is 0 Å². The first-order chi connectivity index (χ1) is 15.2. The van der Waals surface area contributed by atoms with Gasteiger partial charge in [-0.3, -0.25) is 0 Å². The van der Waals surface area contributed by atoms with Gasteiger partial charge in [0.25, 0.3) is 0 Å². The number of nitrogens with zero attached hydrogens (tertiary/aromatic N) is 1. The number of hydrogen-bond donors (Lipinski definition) is 2. The molecule has 1 aromatic heterocycles. The van der Waals surface area contributed by atoms with Crippen LogP contribution in [-0.2, 0) is 17.1 Å². The second-order valence-corrected chi connectivity index (χ2v) is 8.58. The molecule has 168 valence electrons. The van der Waals surface area contributed by atoms with Gasteiger partial charge in [0.05, 0.1) is 12.6 Å². The van der Waals surface area contributed by atoms with Crippen molar-refractivity contribution in [3.63, 3.8) is 0 Å². The Morgan fingerprint density at radius 2 is 2.16 bits per heavy atom. The maximum Gasteiger partial charge on any atom is 0.410 e. The van der Waals surface area contributed by atoms with Crippen molar-refractivity contribution in [3.05, 3.63) is 63.9 Å². The number of carboxylic acid groups (broad SMARTS) is 1. The molecule has 1 aliphatic rings. The van der Waals surface area contributed by atoms with E-state index in [-0.39, 0.29) is 16.9 Å². The van der Waals surface area contributed by atoms with Crippen LogP contribution in [0.25, 0.3) is 0 Å². The van der Waals surface area contributed by atoms with Gasteiger partial charge in [-0.05, 0) is 25.0 Å². The summed E-state index contributed by atoms with van der Waals surface area (Å²) < 4.78 is 34.3. The summed E-state index contributed by atoms with van der Waals surface area (Å²) in [6.07, 6.45) is 1.26. The Labute approximate surface area is 189 Å². The molecule has 1 saturated heterocycles. The summed E-state index contributed by atoms with van der Waals surface area (Å²) in [6, 6.07) is 7.94. The molecule has 0 bridgehead atoms. The predicted molar refractivity (Wildman–Crippen MR) is 117 cm³/mol. The summed E-state index contributed by atoms with van der Waals surface area (Å²) in [7, 11) is 5.57. The first kappa shape index (κ1) is 23.9. The van der Waals surface area contributed by atoms with Crippen LogP contribution in [0, 0.1) is 0 Å². The Morgan fingerprint density at radius 3 is 2.84 bits per heavy atom. The van der Waals surface area contributed by atoms with Gasteiger partial charge in [-0.2, -0.15) is 8.78 Å². The summed E-state index contributed by atoms with van der Waals surface area (Å²) in [4.78, 5) is 25.7. The second-order valence-electron chi connectivity index (χ2n) is 7.42. The fourth-order valence-electron chi connectivity index (χ4n) is 3.42. The Hall–Kier alpha value is -2.72. The van der Waals surface area contributed by atoms with E-state index in [0.29, 0.717) is 25.8 Å². The van der Waals surface area contributed by atoms with Crippen molar-refractivity contribution in [2.24, 2.45) is 0 Å². The highest BCUT2D eigenvalue weighted by Crippen LogP contribution is 2.32. The molecule has 1 amide bonds. The summed E-state index contributed by atoms with van der Waals surface area (Å²) in [5.41, 5.74) is -0.230. The number of benzene rings is 1. The summed E-state index contributed by atoms with van der Waals surface area (Å²) >= 11 is 1.17. The molecular formula is C22H22BF2NO5S. The van der Waals surface area contributed by atoms with Gasteiger partial charge in [0, 0.05) is 23.4 Å². The van der Waals surface area contributed by atoms with E-state index in [2.05, 4.69) is 0 Å². The van der Waals surface area contributed by atoms with Crippen molar-refractivity contribution in [2.75, 3.05) is 13.2 Å². The Kier molecular flexibility index (Phi) is 7.68. The molecule has 0 saturated carbocycles. The van der Waals surface area contributed by atoms with Crippen LogP contribution < -0.4 is 5.46 Å². The predicted octanol–water partition coefficient (Wildman–Crippen LogP) is 3.09. The third kappa shape index (κ3) is 5.74. The van der Waals surface area contributed by atoms with Gasteiger partial charge in [-0.1, -0.05) is 41.9 Å². The smallest absolute Gasteiger partial charge is 0.410 e. The molecule has 2 heterocycles. The first-order valence-corrected chi connectivity index (χ1v) is 10.9. The molecule has 1 aromatic carbocycles. The van der Waals surface area contributed by atoms with E-state index in [4.69, 9.17) is 17.7 Å². The SMILES string of the molecule is [B]c1cccc(C(F)(F)[C@H](O)/C=C/[C@H]2CCOC(=O)N2CCCc2ccc(C(=O)O)s2)c1. The number of aliphatic hydroxyl groups excluding tert-OH is 1.